The number of nitrogens with zero attached hydrogens (tertiary/aromatic N) is 1. The first kappa shape index (κ1) is 11.6. The van der Waals surface area contributed by atoms with E-state index in [0.29, 0.717) is 19.4 Å². The summed E-state index contributed by atoms with van der Waals surface area (Å²) in [5.41, 5.74) is 0. The summed E-state index contributed by atoms with van der Waals surface area (Å²) in [6, 6.07) is 3.65. The maximum Gasteiger partial charge on any atom is 0.233 e. The van der Waals surface area contributed by atoms with Crippen molar-refractivity contribution in [2.24, 2.45) is 11.8 Å². The Morgan fingerprint density at radius 3 is 2.67 bits per heavy atom. The Bertz CT molecular complexity index is 488. The molecule has 0 N–H and O–H groups in total. The lowest BCUT2D eigenvalue weighted by Crippen LogP contribution is -2.33. The molecule has 4 nitrogen and oxygen atoms in total. The summed E-state index contributed by atoms with van der Waals surface area (Å²) >= 11 is 1.43. The van der Waals surface area contributed by atoms with E-state index in [1.807, 2.05) is 11.4 Å². The van der Waals surface area contributed by atoms with Crippen LogP contribution in [-0.4, -0.2) is 29.0 Å². The number of rotatable bonds is 5. The number of Topliss-reactive ketones (excluding diaryl/α,β-unsaturated/α-hetero) is 1. The third-order valence-corrected chi connectivity index (χ3v) is 4.45. The molecule has 2 fully saturated rings. The van der Waals surface area contributed by atoms with E-state index in [-0.39, 0.29) is 29.4 Å². The normalized spacial score (nSPS) is 25.4. The molecule has 1 aliphatic carbocycles. The van der Waals surface area contributed by atoms with Crippen LogP contribution in [-0.2, 0) is 9.59 Å². The van der Waals surface area contributed by atoms with Gasteiger partial charge < -0.3 is 0 Å². The van der Waals surface area contributed by atoms with Gasteiger partial charge in [0.05, 0.1) is 16.7 Å². The van der Waals surface area contributed by atoms with Gasteiger partial charge >= 0.3 is 0 Å². The molecule has 2 unspecified atom stereocenters. The molecular formula is C13H13NO3S. The Kier molecular flexibility index (Phi) is 2.78. The standard InChI is InChI=1S/C13H13NO3S/c15-10(11-4-2-6-18-11)3-1-5-14-12(16)8-7-9(8)13(14)17/h2,4,6,8-9H,1,3,5,7H2. The molecule has 0 bridgehead atoms. The van der Waals surface area contributed by atoms with Crippen LogP contribution in [0.25, 0.3) is 0 Å². The SMILES string of the molecule is O=C(CCCN1C(=O)C2CC2C1=O)c1cccs1. The highest BCUT2D eigenvalue weighted by atomic mass is 32.1. The molecule has 94 valence electrons. The minimum Gasteiger partial charge on any atom is -0.293 e. The summed E-state index contributed by atoms with van der Waals surface area (Å²) in [7, 11) is 0. The third-order valence-electron chi connectivity index (χ3n) is 3.54. The fourth-order valence-electron chi connectivity index (χ4n) is 2.43. The molecule has 2 aliphatic rings. The predicted octanol–water partition coefficient (Wildman–Crippen LogP) is 1.72. The number of thiophene rings is 1. The van der Waals surface area contributed by atoms with Crippen molar-refractivity contribution in [3.05, 3.63) is 22.4 Å². The van der Waals surface area contributed by atoms with E-state index in [9.17, 15) is 14.4 Å². The molecular weight excluding hydrogens is 250 g/mol. The summed E-state index contributed by atoms with van der Waals surface area (Å²) in [5, 5.41) is 1.87. The molecule has 18 heavy (non-hydrogen) atoms. The van der Waals surface area contributed by atoms with Gasteiger partial charge in [0.1, 0.15) is 0 Å². The van der Waals surface area contributed by atoms with E-state index >= 15 is 0 Å². The van der Waals surface area contributed by atoms with Crippen LogP contribution < -0.4 is 0 Å². The lowest BCUT2D eigenvalue weighted by molar-refractivity contribution is -0.141. The van der Waals surface area contributed by atoms with Crippen molar-refractivity contribution in [2.45, 2.75) is 19.3 Å². The summed E-state index contributed by atoms with van der Waals surface area (Å²) in [5.74, 6) is -0.0487. The second kappa shape index (κ2) is 4.31. The number of hydrogen-bond acceptors (Lipinski definition) is 4. The van der Waals surface area contributed by atoms with Gasteiger partial charge in [-0.2, -0.15) is 0 Å². The van der Waals surface area contributed by atoms with Crippen molar-refractivity contribution in [1.29, 1.82) is 0 Å². The van der Waals surface area contributed by atoms with Crippen molar-refractivity contribution >= 4 is 28.9 Å². The first-order valence-electron chi connectivity index (χ1n) is 6.10. The Morgan fingerprint density at radius 2 is 2.06 bits per heavy atom. The molecule has 1 saturated heterocycles. The molecule has 1 aliphatic heterocycles. The Morgan fingerprint density at radius 1 is 1.33 bits per heavy atom. The first-order chi connectivity index (χ1) is 8.68. The van der Waals surface area contributed by atoms with Crippen molar-refractivity contribution in [3.8, 4) is 0 Å². The van der Waals surface area contributed by atoms with Gasteiger partial charge in [0, 0.05) is 13.0 Å². The van der Waals surface area contributed by atoms with Crippen LogP contribution in [0.5, 0.6) is 0 Å². The van der Waals surface area contributed by atoms with Crippen LogP contribution in [0.15, 0.2) is 17.5 Å². The summed E-state index contributed by atoms with van der Waals surface area (Å²) < 4.78 is 0. The fourth-order valence-corrected chi connectivity index (χ4v) is 3.12. The summed E-state index contributed by atoms with van der Waals surface area (Å²) in [6.45, 7) is 0.391. The number of amides is 2. The Labute approximate surface area is 109 Å². The highest BCUT2D eigenvalue weighted by Crippen LogP contribution is 2.46. The predicted molar refractivity (Wildman–Crippen MR) is 66.2 cm³/mol. The van der Waals surface area contributed by atoms with Gasteiger partial charge in [0.25, 0.3) is 0 Å². The molecule has 2 atom stereocenters. The minimum atomic E-state index is -0.0366. The number of fused-ring (bicyclic) bond motifs is 1. The van der Waals surface area contributed by atoms with Gasteiger partial charge in [-0.25, -0.2) is 0 Å². The Hall–Kier alpha value is -1.49. The average molecular weight is 263 g/mol. The summed E-state index contributed by atoms with van der Waals surface area (Å²) in [6.07, 6.45) is 1.70. The number of piperidine rings is 1. The van der Waals surface area contributed by atoms with Crippen molar-refractivity contribution in [2.75, 3.05) is 6.54 Å². The number of hydrogen-bond donors (Lipinski definition) is 0. The van der Waals surface area contributed by atoms with E-state index in [0.717, 1.165) is 11.3 Å². The van der Waals surface area contributed by atoms with Crippen LogP contribution in [0.2, 0.25) is 0 Å². The molecule has 2 amide bonds. The monoisotopic (exact) mass is 263 g/mol. The first-order valence-corrected chi connectivity index (χ1v) is 6.98. The Balaban J connectivity index is 1.49. The van der Waals surface area contributed by atoms with Crippen LogP contribution in [0.4, 0.5) is 0 Å². The number of carbonyl (C=O) groups is 3. The number of likely N-dealkylation sites (tertiary alicyclic amines) is 1. The molecule has 2 heterocycles. The zero-order valence-electron chi connectivity index (χ0n) is 9.80. The number of ketones is 1. The highest BCUT2D eigenvalue weighted by Gasteiger charge is 2.58. The number of carbonyl (C=O) groups excluding carboxylic acids is 3. The van der Waals surface area contributed by atoms with Gasteiger partial charge in [-0.3, -0.25) is 19.3 Å². The van der Waals surface area contributed by atoms with E-state index < -0.39 is 0 Å². The quantitative estimate of drug-likeness (QED) is 0.600. The minimum absolute atomic E-state index is 0.0337. The van der Waals surface area contributed by atoms with E-state index in [2.05, 4.69) is 0 Å². The zero-order chi connectivity index (χ0) is 12.7. The van der Waals surface area contributed by atoms with E-state index in [4.69, 9.17) is 0 Å². The topological polar surface area (TPSA) is 54.5 Å². The van der Waals surface area contributed by atoms with Crippen molar-refractivity contribution in [1.82, 2.24) is 4.90 Å². The van der Waals surface area contributed by atoms with Crippen LogP contribution >= 0.6 is 11.3 Å². The fraction of sp³-hybridized carbons (Fsp3) is 0.462. The highest BCUT2D eigenvalue weighted by molar-refractivity contribution is 7.12. The van der Waals surface area contributed by atoms with Gasteiger partial charge in [-0.05, 0) is 24.3 Å². The smallest absolute Gasteiger partial charge is 0.233 e. The lowest BCUT2D eigenvalue weighted by Gasteiger charge is -2.15. The van der Waals surface area contributed by atoms with E-state index in [1.54, 1.807) is 6.07 Å². The maximum absolute atomic E-state index is 11.7. The molecule has 1 saturated carbocycles. The lowest BCUT2D eigenvalue weighted by atomic mass is 10.2. The van der Waals surface area contributed by atoms with E-state index in [1.165, 1.54) is 16.2 Å². The van der Waals surface area contributed by atoms with Crippen molar-refractivity contribution in [3.63, 3.8) is 0 Å². The van der Waals surface area contributed by atoms with Crippen LogP contribution in [0, 0.1) is 11.8 Å². The number of imide groups is 1. The van der Waals surface area contributed by atoms with Crippen molar-refractivity contribution < 1.29 is 14.4 Å². The van der Waals surface area contributed by atoms with Crippen LogP contribution in [0.1, 0.15) is 28.9 Å². The van der Waals surface area contributed by atoms with Crippen LogP contribution in [0.3, 0.4) is 0 Å². The molecule has 1 aromatic heterocycles. The second-order valence-corrected chi connectivity index (χ2v) is 5.73. The third kappa shape index (κ3) is 1.88. The molecule has 0 aromatic carbocycles. The summed E-state index contributed by atoms with van der Waals surface area (Å²) in [4.78, 5) is 37.2. The zero-order valence-corrected chi connectivity index (χ0v) is 10.6. The van der Waals surface area contributed by atoms with Gasteiger partial charge in [0.2, 0.25) is 11.8 Å². The molecule has 5 heteroatoms. The molecule has 0 radical (unpaired) electrons. The largest absolute Gasteiger partial charge is 0.293 e. The van der Waals surface area contributed by atoms with Gasteiger partial charge in [-0.1, -0.05) is 6.07 Å². The molecule has 1 aromatic rings. The maximum atomic E-state index is 11.7. The van der Waals surface area contributed by atoms with Gasteiger partial charge in [-0.15, -0.1) is 11.3 Å². The molecule has 0 spiro atoms. The average Bonchev–Trinajstić information content (AvgIpc) is 2.89. The second-order valence-electron chi connectivity index (χ2n) is 4.78. The molecule has 3 rings (SSSR count). The van der Waals surface area contributed by atoms with Gasteiger partial charge in [0.15, 0.2) is 5.78 Å².